The van der Waals surface area contributed by atoms with Gasteiger partial charge in [-0.05, 0) is 12.5 Å². The second-order valence-corrected chi connectivity index (χ2v) is 5.49. The maximum atomic E-state index is 6.55. The van der Waals surface area contributed by atoms with Gasteiger partial charge in [0.1, 0.15) is 0 Å². The molecular formula is C17H18Cl2N2O2. The standard InChI is InChI=1S/C17H18Cl2N2O2/c1-3-15(22-2)23-21-17(12-7-5-4-6-8-12)16(19)13-11-20-10-9-14(13)18/h4-11,15,21H,3H2,1-2H3. The van der Waals surface area contributed by atoms with Gasteiger partial charge in [-0.1, -0.05) is 60.5 Å². The average Bonchev–Trinajstić information content (AvgIpc) is 2.59. The third-order valence-electron chi connectivity index (χ3n) is 3.17. The van der Waals surface area contributed by atoms with E-state index in [0.29, 0.717) is 27.7 Å². The molecule has 6 heteroatoms. The highest BCUT2D eigenvalue weighted by Crippen LogP contribution is 2.32. The Morgan fingerprint density at radius 2 is 2.00 bits per heavy atom. The first kappa shape index (κ1) is 17.8. The van der Waals surface area contributed by atoms with E-state index in [4.69, 9.17) is 32.8 Å². The monoisotopic (exact) mass is 352 g/mol. The SMILES string of the molecule is CCC(OC)ONC(=C(Cl)c1cnccc1Cl)c1ccccc1. The molecule has 0 saturated heterocycles. The van der Waals surface area contributed by atoms with Gasteiger partial charge in [-0.15, -0.1) is 0 Å². The fourth-order valence-electron chi connectivity index (χ4n) is 1.93. The number of nitrogens with one attached hydrogen (secondary N) is 1. The van der Waals surface area contributed by atoms with Crippen molar-refractivity contribution < 1.29 is 9.57 Å². The van der Waals surface area contributed by atoms with Gasteiger partial charge in [-0.3, -0.25) is 10.5 Å². The first-order valence-corrected chi connectivity index (χ1v) is 7.92. The van der Waals surface area contributed by atoms with Crippen LogP contribution in [0.25, 0.3) is 10.7 Å². The van der Waals surface area contributed by atoms with Crippen LogP contribution in [0, 0.1) is 0 Å². The number of methoxy groups -OCH3 is 1. The van der Waals surface area contributed by atoms with Crippen molar-refractivity contribution in [2.24, 2.45) is 0 Å². The maximum absolute atomic E-state index is 6.55. The van der Waals surface area contributed by atoms with Gasteiger partial charge in [0.05, 0.1) is 15.8 Å². The summed E-state index contributed by atoms with van der Waals surface area (Å²) < 4.78 is 5.21. The van der Waals surface area contributed by atoms with Crippen molar-refractivity contribution in [3.63, 3.8) is 0 Å². The van der Waals surface area contributed by atoms with Crippen molar-refractivity contribution in [2.75, 3.05) is 7.11 Å². The van der Waals surface area contributed by atoms with Crippen molar-refractivity contribution in [2.45, 2.75) is 19.6 Å². The van der Waals surface area contributed by atoms with E-state index in [1.807, 2.05) is 37.3 Å². The van der Waals surface area contributed by atoms with Gasteiger partial charge in [0.25, 0.3) is 0 Å². The molecule has 0 fully saturated rings. The molecule has 1 N–H and O–H groups in total. The highest BCUT2D eigenvalue weighted by molar-refractivity contribution is 6.54. The van der Waals surface area contributed by atoms with Gasteiger partial charge in [0.15, 0.2) is 6.29 Å². The number of hydroxylamine groups is 1. The van der Waals surface area contributed by atoms with Crippen LogP contribution in [-0.4, -0.2) is 18.4 Å². The summed E-state index contributed by atoms with van der Waals surface area (Å²) in [5, 5.41) is 0.930. The predicted molar refractivity (Wildman–Crippen MR) is 93.7 cm³/mol. The van der Waals surface area contributed by atoms with Gasteiger partial charge in [-0.2, -0.15) is 0 Å². The van der Waals surface area contributed by atoms with Crippen LogP contribution in [0.4, 0.5) is 0 Å². The van der Waals surface area contributed by atoms with E-state index in [0.717, 1.165) is 5.56 Å². The van der Waals surface area contributed by atoms with E-state index >= 15 is 0 Å². The number of pyridine rings is 1. The van der Waals surface area contributed by atoms with Crippen molar-refractivity contribution in [1.82, 2.24) is 10.5 Å². The summed E-state index contributed by atoms with van der Waals surface area (Å²) in [6.45, 7) is 1.96. The second-order valence-electron chi connectivity index (χ2n) is 4.70. The molecule has 23 heavy (non-hydrogen) atoms. The molecule has 0 saturated carbocycles. The molecule has 0 spiro atoms. The average molecular weight is 353 g/mol. The third kappa shape index (κ3) is 4.69. The van der Waals surface area contributed by atoms with Gasteiger partial charge in [0, 0.05) is 30.6 Å². The summed E-state index contributed by atoms with van der Waals surface area (Å²) in [6.07, 6.45) is 3.53. The molecule has 1 atom stereocenters. The van der Waals surface area contributed by atoms with Crippen LogP contribution in [0.3, 0.4) is 0 Å². The lowest BCUT2D eigenvalue weighted by molar-refractivity contribution is -0.151. The Labute approximate surface area is 146 Å². The first-order chi connectivity index (χ1) is 11.2. The highest BCUT2D eigenvalue weighted by Gasteiger charge is 2.15. The summed E-state index contributed by atoms with van der Waals surface area (Å²) in [5.74, 6) is 0. The summed E-state index contributed by atoms with van der Waals surface area (Å²) in [4.78, 5) is 9.64. The fourth-order valence-corrected chi connectivity index (χ4v) is 2.48. The lowest BCUT2D eigenvalue weighted by Crippen LogP contribution is -2.24. The molecule has 2 rings (SSSR count). The van der Waals surface area contributed by atoms with Gasteiger partial charge < -0.3 is 4.74 Å². The molecule has 1 aromatic carbocycles. The molecule has 0 radical (unpaired) electrons. The second kappa shape index (κ2) is 8.89. The van der Waals surface area contributed by atoms with Gasteiger partial charge >= 0.3 is 0 Å². The Balaban J connectivity index is 2.40. The number of hydrogen-bond acceptors (Lipinski definition) is 4. The van der Waals surface area contributed by atoms with E-state index in [-0.39, 0.29) is 6.29 Å². The molecular weight excluding hydrogens is 335 g/mol. The van der Waals surface area contributed by atoms with Gasteiger partial charge in [0.2, 0.25) is 0 Å². The molecule has 0 amide bonds. The number of hydrogen-bond donors (Lipinski definition) is 1. The topological polar surface area (TPSA) is 43.4 Å². The van der Waals surface area contributed by atoms with E-state index in [1.165, 1.54) is 0 Å². The van der Waals surface area contributed by atoms with Crippen molar-refractivity contribution in [3.05, 3.63) is 64.9 Å². The number of ether oxygens (including phenoxy) is 1. The molecule has 1 heterocycles. The number of rotatable bonds is 7. The third-order valence-corrected chi connectivity index (χ3v) is 3.90. The normalized spacial score (nSPS) is 13.4. The number of aromatic nitrogens is 1. The highest BCUT2D eigenvalue weighted by atomic mass is 35.5. The van der Waals surface area contributed by atoms with Crippen molar-refractivity contribution >= 4 is 33.9 Å². The molecule has 4 nitrogen and oxygen atoms in total. The summed E-state index contributed by atoms with van der Waals surface area (Å²) in [5.41, 5.74) is 4.98. The quantitative estimate of drug-likeness (QED) is 0.579. The Kier molecular flexibility index (Phi) is 6.86. The van der Waals surface area contributed by atoms with E-state index in [2.05, 4.69) is 10.5 Å². The zero-order valence-electron chi connectivity index (χ0n) is 12.9. The molecule has 0 aliphatic heterocycles. The van der Waals surface area contributed by atoms with Crippen molar-refractivity contribution in [3.8, 4) is 0 Å². The zero-order valence-corrected chi connectivity index (χ0v) is 14.4. The Bertz CT molecular complexity index is 659. The Morgan fingerprint density at radius 3 is 2.61 bits per heavy atom. The Morgan fingerprint density at radius 1 is 1.26 bits per heavy atom. The lowest BCUT2D eigenvalue weighted by Gasteiger charge is -2.19. The van der Waals surface area contributed by atoms with Crippen LogP contribution in [-0.2, 0) is 9.57 Å². The summed E-state index contributed by atoms with van der Waals surface area (Å²) in [7, 11) is 1.58. The van der Waals surface area contributed by atoms with Crippen LogP contribution in [0.5, 0.6) is 0 Å². The summed E-state index contributed by atoms with van der Waals surface area (Å²) >= 11 is 12.8. The summed E-state index contributed by atoms with van der Waals surface area (Å²) in [6, 6.07) is 11.3. The molecule has 2 aromatic rings. The van der Waals surface area contributed by atoms with Crippen LogP contribution in [0.1, 0.15) is 24.5 Å². The molecule has 0 aliphatic rings. The smallest absolute Gasteiger partial charge is 0.182 e. The van der Waals surface area contributed by atoms with Crippen LogP contribution >= 0.6 is 23.2 Å². The number of halogens is 2. The lowest BCUT2D eigenvalue weighted by atomic mass is 10.1. The predicted octanol–water partition coefficient (Wildman–Crippen LogP) is 4.70. The Hall–Kier alpha value is -1.59. The molecule has 122 valence electrons. The fraction of sp³-hybridized carbons (Fsp3) is 0.235. The number of benzene rings is 1. The van der Waals surface area contributed by atoms with Crippen LogP contribution in [0.2, 0.25) is 5.02 Å². The minimum atomic E-state index is -0.387. The minimum absolute atomic E-state index is 0.387. The molecule has 0 aliphatic carbocycles. The maximum Gasteiger partial charge on any atom is 0.182 e. The largest absolute Gasteiger partial charge is 0.354 e. The first-order valence-electron chi connectivity index (χ1n) is 7.16. The zero-order chi connectivity index (χ0) is 16.7. The van der Waals surface area contributed by atoms with Gasteiger partial charge in [-0.25, -0.2) is 4.84 Å². The van der Waals surface area contributed by atoms with E-state index in [1.54, 1.807) is 25.6 Å². The van der Waals surface area contributed by atoms with Crippen LogP contribution < -0.4 is 5.48 Å². The number of nitrogens with zero attached hydrogens (tertiary/aromatic N) is 1. The molecule has 0 bridgehead atoms. The molecule has 1 unspecified atom stereocenters. The van der Waals surface area contributed by atoms with Crippen molar-refractivity contribution in [1.29, 1.82) is 0 Å². The minimum Gasteiger partial charge on any atom is -0.354 e. The van der Waals surface area contributed by atoms with Crippen LogP contribution in [0.15, 0.2) is 48.8 Å². The van der Waals surface area contributed by atoms with E-state index < -0.39 is 0 Å². The van der Waals surface area contributed by atoms with E-state index in [9.17, 15) is 0 Å². The molecule has 1 aromatic heterocycles.